The van der Waals surface area contributed by atoms with E-state index in [0.29, 0.717) is 12.2 Å². The van der Waals surface area contributed by atoms with Crippen LogP contribution in [0.15, 0.2) is 82.2 Å². The maximum Gasteiger partial charge on any atom is 0.264 e. The van der Waals surface area contributed by atoms with Crippen LogP contribution >= 0.6 is 15.9 Å². The van der Waals surface area contributed by atoms with Crippen molar-refractivity contribution in [2.24, 2.45) is 0 Å². The van der Waals surface area contributed by atoms with E-state index in [4.69, 9.17) is 0 Å². The Balaban J connectivity index is 2.03. The summed E-state index contributed by atoms with van der Waals surface area (Å²) in [7, 11) is -4.09. The number of anilines is 1. The average molecular weight is 615 g/mol. The van der Waals surface area contributed by atoms with Crippen LogP contribution in [-0.4, -0.2) is 44.3 Å². The Morgan fingerprint density at radius 1 is 0.974 bits per heavy atom. The van der Waals surface area contributed by atoms with E-state index in [1.54, 1.807) is 37.3 Å². The first-order valence-electron chi connectivity index (χ1n) is 13.0. The zero-order chi connectivity index (χ0) is 28.6. The number of unbranched alkanes of at least 4 members (excludes halogenated alkanes) is 1. The van der Waals surface area contributed by atoms with Gasteiger partial charge in [-0.1, -0.05) is 71.7 Å². The van der Waals surface area contributed by atoms with Crippen LogP contribution in [0.2, 0.25) is 0 Å². The van der Waals surface area contributed by atoms with Crippen molar-refractivity contribution in [2.75, 3.05) is 17.4 Å². The quantitative estimate of drug-likeness (QED) is 0.270. The van der Waals surface area contributed by atoms with Gasteiger partial charge in [0.2, 0.25) is 11.8 Å². The molecule has 3 aromatic carbocycles. The molecule has 39 heavy (non-hydrogen) atoms. The summed E-state index contributed by atoms with van der Waals surface area (Å²) in [5.74, 6) is -0.760. The fraction of sp³-hybridized carbons (Fsp3) is 0.333. The number of nitrogens with one attached hydrogen (secondary N) is 1. The number of hydrogen-bond donors (Lipinski definition) is 1. The maximum absolute atomic E-state index is 14.0. The van der Waals surface area contributed by atoms with Crippen LogP contribution in [-0.2, 0) is 26.2 Å². The Hall–Kier alpha value is -3.17. The van der Waals surface area contributed by atoms with Gasteiger partial charge < -0.3 is 10.2 Å². The first-order valence-corrected chi connectivity index (χ1v) is 15.2. The monoisotopic (exact) mass is 613 g/mol. The minimum Gasteiger partial charge on any atom is -0.354 e. The van der Waals surface area contributed by atoms with Crippen LogP contribution < -0.4 is 9.62 Å². The second kappa shape index (κ2) is 13.8. The minimum absolute atomic E-state index is 0.0857. The Morgan fingerprint density at radius 3 is 2.33 bits per heavy atom. The topological polar surface area (TPSA) is 86.8 Å². The Morgan fingerprint density at radius 2 is 1.67 bits per heavy atom. The number of sulfonamides is 1. The molecule has 0 aromatic heterocycles. The van der Waals surface area contributed by atoms with Crippen LogP contribution in [0, 0.1) is 13.8 Å². The predicted molar refractivity (Wildman–Crippen MR) is 159 cm³/mol. The predicted octanol–water partition coefficient (Wildman–Crippen LogP) is 5.59. The molecule has 0 bridgehead atoms. The van der Waals surface area contributed by atoms with Gasteiger partial charge in [-0.25, -0.2) is 8.42 Å². The second-order valence-electron chi connectivity index (χ2n) is 9.52. The number of benzene rings is 3. The summed E-state index contributed by atoms with van der Waals surface area (Å²) in [6, 6.07) is 20.1. The van der Waals surface area contributed by atoms with Crippen LogP contribution in [0.3, 0.4) is 0 Å². The van der Waals surface area contributed by atoms with Gasteiger partial charge in [0.1, 0.15) is 12.6 Å². The lowest BCUT2D eigenvalue weighted by Gasteiger charge is -2.32. The highest BCUT2D eigenvalue weighted by Crippen LogP contribution is 2.29. The first kappa shape index (κ1) is 30.4. The average Bonchev–Trinajstić information content (AvgIpc) is 2.92. The summed E-state index contributed by atoms with van der Waals surface area (Å²) in [4.78, 5) is 28.6. The van der Waals surface area contributed by atoms with Gasteiger partial charge >= 0.3 is 0 Å². The van der Waals surface area contributed by atoms with E-state index in [-0.39, 0.29) is 17.3 Å². The SMILES string of the molecule is CCCCNC(=O)C(C)N(Cc1cccc(Br)c1)C(=O)CN(c1cccc(C)c1C)S(=O)(=O)c1ccccc1. The van der Waals surface area contributed by atoms with Gasteiger partial charge in [0.25, 0.3) is 10.0 Å². The van der Waals surface area contributed by atoms with Crippen LogP contribution in [0.1, 0.15) is 43.4 Å². The summed E-state index contributed by atoms with van der Waals surface area (Å²) >= 11 is 3.46. The molecule has 1 unspecified atom stereocenters. The second-order valence-corrected chi connectivity index (χ2v) is 12.3. The molecule has 0 heterocycles. The fourth-order valence-corrected chi connectivity index (χ4v) is 6.13. The molecule has 2 amide bonds. The van der Waals surface area contributed by atoms with Gasteiger partial charge in [-0.3, -0.25) is 13.9 Å². The summed E-state index contributed by atoms with van der Waals surface area (Å²) < 4.78 is 29.8. The van der Waals surface area contributed by atoms with E-state index >= 15 is 0 Å². The normalized spacial score (nSPS) is 12.0. The Kier molecular flexibility index (Phi) is 10.7. The summed E-state index contributed by atoms with van der Waals surface area (Å²) in [6.45, 7) is 7.64. The van der Waals surface area contributed by atoms with Crippen molar-refractivity contribution < 1.29 is 18.0 Å². The molecule has 7 nitrogen and oxygen atoms in total. The molecule has 208 valence electrons. The van der Waals surface area contributed by atoms with Gasteiger partial charge in [0.05, 0.1) is 10.6 Å². The van der Waals surface area contributed by atoms with Crippen molar-refractivity contribution >= 4 is 43.5 Å². The van der Waals surface area contributed by atoms with E-state index in [9.17, 15) is 18.0 Å². The number of hydrogen-bond acceptors (Lipinski definition) is 4. The number of carbonyl (C=O) groups is 2. The first-order chi connectivity index (χ1) is 18.6. The van der Waals surface area contributed by atoms with E-state index in [0.717, 1.165) is 38.3 Å². The number of carbonyl (C=O) groups excluding carboxylic acids is 2. The van der Waals surface area contributed by atoms with Crippen molar-refractivity contribution in [3.8, 4) is 0 Å². The molecule has 0 aliphatic heterocycles. The van der Waals surface area contributed by atoms with Gasteiger partial charge in [-0.15, -0.1) is 0 Å². The van der Waals surface area contributed by atoms with Crippen molar-refractivity contribution in [2.45, 2.75) is 58.0 Å². The molecule has 3 rings (SSSR count). The lowest BCUT2D eigenvalue weighted by molar-refractivity contribution is -0.139. The van der Waals surface area contributed by atoms with E-state index < -0.39 is 28.5 Å². The molecule has 0 aliphatic carbocycles. The van der Waals surface area contributed by atoms with E-state index in [1.165, 1.54) is 17.0 Å². The van der Waals surface area contributed by atoms with Gasteiger partial charge in [0.15, 0.2) is 0 Å². The fourth-order valence-electron chi connectivity index (χ4n) is 4.19. The summed E-state index contributed by atoms with van der Waals surface area (Å²) in [6.07, 6.45) is 1.76. The molecule has 0 fully saturated rings. The molecule has 3 aromatic rings. The largest absolute Gasteiger partial charge is 0.354 e. The van der Waals surface area contributed by atoms with Crippen molar-refractivity contribution in [3.63, 3.8) is 0 Å². The number of amides is 2. The zero-order valence-corrected chi connectivity index (χ0v) is 25.3. The third kappa shape index (κ3) is 7.70. The smallest absolute Gasteiger partial charge is 0.264 e. The third-order valence-electron chi connectivity index (χ3n) is 6.69. The maximum atomic E-state index is 14.0. The standard InChI is InChI=1S/C30H36BrN3O4S/c1-5-6-18-32-30(36)24(4)33(20-25-13-11-14-26(31)19-25)29(35)21-34(28-17-10-12-22(2)23(28)3)39(37,38)27-15-8-7-9-16-27/h7-17,19,24H,5-6,18,20-21H2,1-4H3,(H,32,36). The minimum atomic E-state index is -4.09. The summed E-state index contributed by atoms with van der Waals surface area (Å²) in [5.41, 5.74) is 2.90. The van der Waals surface area contributed by atoms with Gasteiger partial charge in [-0.05, 0) is 74.2 Å². The molecule has 0 saturated carbocycles. The molecule has 1 N–H and O–H groups in total. The van der Waals surface area contributed by atoms with Crippen molar-refractivity contribution in [1.82, 2.24) is 10.2 Å². The highest BCUT2D eigenvalue weighted by atomic mass is 79.9. The number of rotatable bonds is 12. The molecular formula is C30H36BrN3O4S. The van der Waals surface area contributed by atoms with Crippen LogP contribution in [0.25, 0.3) is 0 Å². The van der Waals surface area contributed by atoms with Crippen LogP contribution in [0.5, 0.6) is 0 Å². The lowest BCUT2D eigenvalue weighted by atomic mass is 10.1. The van der Waals surface area contributed by atoms with E-state index in [2.05, 4.69) is 21.2 Å². The molecule has 9 heteroatoms. The Labute approximate surface area is 240 Å². The van der Waals surface area contributed by atoms with Crippen LogP contribution in [0.4, 0.5) is 5.69 Å². The Bertz CT molecular complexity index is 1400. The molecular weight excluding hydrogens is 578 g/mol. The summed E-state index contributed by atoms with van der Waals surface area (Å²) in [5, 5.41) is 2.90. The van der Waals surface area contributed by atoms with Crippen molar-refractivity contribution in [1.29, 1.82) is 0 Å². The molecule has 0 spiro atoms. The molecule has 0 radical (unpaired) electrons. The van der Waals surface area contributed by atoms with Gasteiger partial charge in [0, 0.05) is 17.6 Å². The zero-order valence-electron chi connectivity index (χ0n) is 22.9. The highest BCUT2D eigenvalue weighted by molar-refractivity contribution is 9.10. The number of halogens is 1. The number of nitrogens with zero attached hydrogens (tertiary/aromatic N) is 2. The lowest BCUT2D eigenvalue weighted by Crippen LogP contribution is -2.51. The van der Waals surface area contributed by atoms with Crippen molar-refractivity contribution in [3.05, 3.63) is 94.0 Å². The van der Waals surface area contributed by atoms with Gasteiger partial charge in [-0.2, -0.15) is 0 Å². The third-order valence-corrected chi connectivity index (χ3v) is 8.96. The molecule has 0 aliphatic rings. The molecule has 0 saturated heterocycles. The number of aryl methyl sites for hydroxylation is 1. The molecule has 1 atom stereocenters. The van der Waals surface area contributed by atoms with E-state index in [1.807, 2.05) is 51.1 Å². The highest BCUT2D eigenvalue weighted by Gasteiger charge is 2.33.